The lowest BCUT2D eigenvalue weighted by Gasteiger charge is -2.36. The Kier molecular flexibility index (Phi) is 6.47. The van der Waals surface area contributed by atoms with Crippen molar-refractivity contribution < 1.29 is 13.2 Å². The highest BCUT2D eigenvalue weighted by Crippen LogP contribution is 2.27. The van der Waals surface area contributed by atoms with E-state index in [0.29, 0.717) is 31.0 Å². The van der Waals surface area contributed by atoms with Crippen molar-refractivity contribution >= 4 is 10.0 Å². The SMILES string of the molecule is CCNC(CC1CCCN(S(C)(=O)=O)C1)C1CCCOC1. The molecule has 3 unspecified atom stereocenters. The second-order valence-corrected chi connectivity index (χ2v) is 8.49. The summed E-state index contributed by atoms with van der Waals surface area (Å²) in [6.45, 7) is 6.22. The summed E-state index contributed by atoms with van der Waals surface area (Å²) in [5.74, 6) is 1.05. The standard InChI is InChI=1S/C15H30N2O3S/c1-3-16-15(14-7-5-9-20-12-14)10-13-6-4-8-17(11-13)21(2,18)19/h13-16H,3-12H2,1-2H3. The summed E-state index contributed by atoms with van der Waals surface area (Å²) < 4.78 is 30.8. The van der Waals surface area contributed by atoms with Gasteiger partial charge in [0.2, 0.25) is 10.0 Å². The van der Waals surface area contributed by atoms with Gasteiger partial charge in [-0.05, 0) is 50.5 Å². The largest absolute Gasteiger partial charge is 0.381 e. The van der Waals surface area contributed by atoms with E-state index in [-0.39, 0.29) is 0 Å². The van der Waals surface area contributed by atoms with Crippen molar-refractivity contribution in [3.8, 4) is 0 Å². The monoisotopic (exact) mass is 318 g/mol. The first-order chi connectivity index (χ1) is 10.0. The number of nitrogens with zero attached hydrogens (tertiary/aromatic N) is 1. The molecule has 2 fully saturated rings. The van der Waals surface area contributed by atoms with Crippen LogP contribution in [0.5, 0.6) is 0 Å². The zero-order valence-electron chi connectivity index (χ0n) is 13.4. The number of hydrogen-bond donors (Lipinski definition) is 1. The number of hydrogen-bond acceptors (Lipinski definition) is 4. The number of nitrogens with one attached hydrogen (secondary N) is 1. The second-order valence-electron chi connectivity index (χ2n) is 6.51. The van der Waals surface area contributed by atoms with E-state index < -0.39 is 10.0 Å². The van der Waals surface area contributed by atoms with Crippen LogP contribution >= 0.6 is 0 Å². The minimum Gasteiger partial charge on any atom is -0.381 e. The fraction of sp³-hybridized carbons (Fsp3) is 1.00. The van der Waals surface area contributed by atoms with Crippen LogP contribution in [-0.2, 0) is 14.8 Å². The molecule has 0 aromatic carbocycles. The first-order valence-electron chi connectivity index (χ1n) is 8.27. The van der Waals surface area contributed by atoms with Crippen molar-refractivity contribution in [3.63, 3.8) is 0 Å². The minimum absolute atomic E-state index is 0.458. The summed E-state index contributed by atoms with van der Waals surface area (Å²) in [4.78, 5) is 0. The van der Waals surface area contributed by atoms with Gasteiger partial charge in [-0.1, -0.05) is 6.92 Å². The van der Waals surface area contributed by atoms with E-state index in [2.05, 4.69) is 12.2 Å². The lowest BCUT2D eigenvalue weighted by Crippen LogP contribution is -2.45. The van der Waals surface area contributed by atoms with Gasteiger partial charge >= 0.3 is 0 Å². The number of rotatable bonds is 6. The summed E-state index contributed by atoms with van der Waals surface area (Å²) in [6, 6.07) is 0.458. The molecule has 2 saturated heterocycles. The van der Waals surface area contributed by atoms with Gasteiger partial charge in [-0.25, -0.2) is 12.7 Å². The van der Waals surface area contributed by atoms with Crippen LogP contribution in [0.3, 0.4) is 0 Å². The number of piperidine rings is 1. The summed E-state index contributed by atoms with van der Waals surface area (Å²) in [6.07, 6.45) is 6.88. The summed E-state index contributed by atoms with van der Waals surface area (Å²) in [5.41, 5.74) is 0. The molecule has 2 aliphatic rings. The van der Waals surface area contributed by atoms with Crippen LogP contribution in [-0.4, -0.2) is 57.9 Å². The van der Waals surface area contributed by atoms with E-state index >= 15 is 0 Å². The van der Waals surface area contributed by atoms with Crippen molar-refractivity contribution in [2.75, 3.05) is 39.1 Å². The average Bonchev–Trinajstić information content (AvgIpc) is 2.47. The zero-order chi connectivity index (χ0) is 15.3. The Balaban J connectivity index is 1.92. The molecule has 124 valence electrons. The van der Waals surface area contributed by atoms with Crippen molar-refractivity contribution in [2.45, 2.75) is 45.1 Å². The summed E-state index contributed by atoms with van der Waals surface area (Å²) >= 11 is 0. The summed E-state index contributed by atoms with van der Waals surface area (Å²) in [7, 11) is -3.04. The van der Waals surface area contributed by atoms with Gasteiger partial charge in [-0.15, -0.1) is 0 Å². The summed E-state index contributed by atoms with van der Waals surface area (Å²) in [5, 5.41) is 3.61. The van der Waals surface area contributed by atoms with Crippen molar-refractivity contribution in [3.05, 3.63) is 0 Å². The highest BCUT2D eigenvalue weighted by atomic mass is 32.2. The molecule has 0 radical (unpaired) electrons. The Hall–Kier alpha value is -0.170. The first kappa shape index (κ1) is 17.2. The van der Waals surface area contributed by atoms with Gasteiger partial charge in [0.05, 0.1) is 12.9 Å². The van der Waals surface area contributed by atoms with Crippen LogP contribution in [0.1, 0.15) is 39.0 Å². The van der Waals surface area contributed by atoms with Crippen molar-refractivity contribution in [2.24, 2.45) is 11.8 Å². The molecule has 0 aromatic heterocycles. The van der Waals surface area contributed by atoms with E-state index in [0.717, 1.165) is 45.4 Å². The van der Waals surface area contributed by atoms with Gasteiger partial charge in [0.15, 0.2) is 0 Å². The van der Waals surface area contributed by atoms with E-state index in [9.17, 15) is 8.42 Å². The molecule has 3 atom stereocenters. The van der Waals surface area contributed by atoms with Gasteiger partial charge in [0.1, 0.15) is 0 Å². The predicted octanol–water partition coefficient (Wildman–Crippen LogP) is 1.45. The second kappa shape index (κ2) is 7.90. The molecule has 21 heavy (non-hydrogen) atoms. The lowest BCUT2D eigenvalue weighted by molar-refractivity contribution is 0.0338. The third-order valence-electron chi connectivity index (χ3n) is 4.77. The Morgan fingerprint density at radius 2 is 2.14 bits per heavy atom. The topological polar surface area (TPSA) is 58.6 Å². The third-order valence-corrected chi connectivity index (χ3v) is 6.04. The van der Waals surface area contributed by atoms with Crippen LogP contribution in [0.15, 0.2) is 0 Å². The highest BCUT2D eigenvalue weighted by Gasteiger charge is 2.30. The molecule has 0 aromatic rings. The van der Waals surface area contributed by atoms with Gasteiger partial charge < -0.3 is 10.1 Å². The van der Waals surface area contributed by atoms with Crippen LogP contribution in [0.4, 0.5) is 0 Å². The third kappa shape index (κ3) is 5.20. The van der Waals surface area contributed by atoms with Crippen LogP contribution in [0, 0.1) is 11.8 Å². The van der Waals surface area contributed by atoms with Gasteiger partial charge in [-0.2, -0.15) is 0 Å². The van der Waals surface area contributed by atoms with Crippen LogP contribution in [0.25, 0.3) is 0 Å². The Bertz CT molecular complexity index is 407. The molecule has 6 heteroatoms. The number of ether oxygens (including phenoxy) is 1. The maximum atomic E-state index is 11.7. The molecule has 0 spiro atoms. The maximum Gasteiger partial charge on any atom is 0.211 e. The van der Waals surface area contributed by atoms with E-state index in [4.69, 9.17) is 4.74 Å². The van der Waals surface area contributed by atoms with Gasteiger partial charge in [0, 0.05) is 25.7 Å². The Morgan fingerprint density at radius 1 is 1.33 bits per heavy atom. The quantitative estimate of drug-likeness (QED) is 0.805. The maximum absolute atomic E-state index is 11.7. The van der Waals surface area contributed by atoms with Gasteiger partial charge in [0.25, 0.3) is 0 Å². The molecule has 0 aliphatic carbocycles. The first-order valence-corrected chi connectivity index (χ1v) is 10.1. The smallest absolute Gasteiger partial charge is 0.211 e. The molecular formula is C15H30N2O3S. The fourth-order valence-corrected chi connectivity index (χ4v) is 4.61. The molecule has 5 nitrogen and oxygen atoms in total. The van der Waals surface area contributed by atoms with Crippen LogP contribution in [0.2, 0.25) is 0 Å². The Morgan fingerprint density at radius 3 is 2.76 bits per heavy atom. The molecule has 2 heterocycles. The molecule has 0 bridgehead atoms. The van der Waals surface area contributed by atoms with Gasteiger partial charge in [-0.3, -0.25) is 0 Å². The highest BCUT2D eigenvalue weighted by molar-refractivity contribution is 7.88. The predicted molar refractivity (Wildman–Crippen MR) is 84.8 cm³/mol. The van der Waals surface area contributed by atoms with E-state index in [1.54, 1.807) is 4.31 Å². The van der Waals surface area contributed by atoms with Crippen molar-refractivity contribution in [1.82, 2.24) is 9.62 Å². The van der Waals surface area contributed by atoms with E-state index in [1.807, 2.05) is 0 Å². The molecule has 0 saturated carbocycles. The molecule has 2 rings (SSSR count). The Labute approximate surface area is 129 Å². The van der Waals surface area contributed by atoms with E-state index in [1.165, 1.54) is 12.7 Å². The molecular weight excluding hydrogens is 288 g/mol. The normalized spacial score (nSPS) is 30.2. The fourth-order valence-electron chi connectivity index (χ4n) is 3.67. The molecule has 2 aliphatic heterocycles. The molecule has 0 amide bonds. The number of sulfonamides is 1. The lowest BCUT2D eigenvalue weighted by atomic mass is 9.84. The zero-order valence-corrected chi connectivity index (χ0v) is 14.2. The van der Waals surface area contributed by atoms with Crippen LogP contribution < -0.4 is 5.32 Å². The average molecular weight is 318 g/mol. The molecule has 1 N–H and O–H groups in total. The minimum atomic E-state index is -3.04. The van der Waals surface area contributed by atoms with Crippen molar-refractivity contribution in [1.29, 1.82) is 0 Å².